The van der Waals surface area contributed by atoms with Crippen LogP contribution in [0.5, 0.6) is 0 Å². The van der Waals surface area contributed by atoms with Gasteiger partial charge in [0.15, 0.2) is 0 Å². The number of anilines is 1. The molecule has 0 aliphatic rings. The van der Waals surface area contributed by atoms with E-state index in [0.29, 0.717) is 17.0 Å². The molecule has 0 saturated heterocycles. The number of aryl methyl sites for hydroxylation is 1. The van der Waals surface area contributed by atoms with E-state index in [2.05, 4.69) is 9.97 Å². The second-order valence-corrected chi connectivity index (χ2v) is 5.00. The van der Waals surface area contributed by atoms with Crippen LogP contribution < -0.4 is 5.73 Å². The Kier molecular flexibility index (Phi) is 3.05. The lowest BCUT2D eigenvalue weighted by molar-refractivity contribution is 0.592. The standard InChI is InChI=1S/C16H13F2N3/c1-8-3-4-20-13(5-8)16-9(2)15(19)14-11(18)6-10(17)7-12(14)21-16/h3-7H,1-2H3,(H2,19,21). The van der Waals surface area contributed by atoms with E-state index < -0.39 is 11.6 Å². The van der Waals surface area contributed by atoms with Gasteiger partial charge in [-0.2, -0.15) is 0 Å². The quantitative estimate of drug-likeness (QED) is 0.740. The molecule has 2 N–H and O–H groups in total. The molecule has 0 atom stereocenters. The molecule has 2 heterocycles. The summed E-state index contributed by atoms with van der Waals surface area (Å²) in [6, 6.07) is 5.71. The van der Waals surface area contributed by atoms with Crippen molar-refractivity contribution in [1.29, 1.82) is 0 Å². The Morgan fingerprint density at radius 1 is 1.10 bits per heavy atom. The first-order valence-electron chi connectivity index (χ1n) is 6.45. The van der Waals surface area contributed by atoms with Gasteiger partial charge >= 0.3 is 0 Å². The summed E-state index contributed by atoms with van der Waals surface area (Å²) in [5.74, 6) is -1.39. The number of fused-ring (bicyclic) bond motifs is 1. The Balaban J connectivity index is 2.37. The highest BCUT2D eigenvalue weighted by atomic mass is 19.1. The molecule has 0 radical (unpaired) electrons. The number of nitrogens with two attached hydrogens (primary N) is 1. The van der Waals surface area contributed by atoms with Crippen molar-refractivity contribution < 1.29 is 8.78 Å². The van der Waals surface area contributed by atoms with Crippen LogP contribution in [-0.2, 0) is 0 Å². The zero-order valence-corrected chi connectivity index (χ0v) is 11.6. The molecule has 2 aromatic heterocycles. The first kappa shape index (κ1) is 13.4. The number of pyridine rings is 2. The summed E-state index contributed by atoms with van der Waals surface area (Å²) in [5, 5.41) is 0.144. The number of halogens is 2. The highest BCUT2D eigenvalue weighted by Gasteiger charge is 2.16. The van der Waals surface area contributed by atoms with E-state index in [-0.39, 0.29) is 16.6 Å². The molecule has 5 heteroatoms. The monoisotopic (exact) mass is 285 g/mol. The Morgan fingerprint density at radius 3 is 2.57 bits per heavy atom. The molecule has 3 nitrogen and oxygen atoms in total. The molecule has 0 saturated carbocycles. The van der Waals surface area contributed by atoms with Crippen LogP contribution in [0.3, 0.4) is 0 Å². The van der Waals surface area contributed by atoms with Gasteiger partial charge in [0.05, 0.1) is 22.3 Å². The Labute approximate surface area is 120 Å². The summed E-state index contributed by atoms with van der Waals surface area (Å²) in [6.07, 6.45) is 1.67. The Morgan fingerprint density at radius 2 is 1.86 bits per heavy atom. The second-order valence-electron chi connectivity index (χ2n) is 5.00. The maximum absolute atomic E-state index is 13.9. The molecular formula is C16H13F2N3. The number of benzene rings is 1. The predicted octanol–water partition coefficient (Wildman–Crippen LogP) is 3.77. The molecule has 3 rings (SSSR count). The lowest BCUT2D eigenvalue weighted by Crippen LogP contribution is -2.01. The summed E-state index contributed by atoms with van der Waals surface area (Å²) in [4.78, 5) is 8.60. The normalized spacial score (nSPS) is 11.0. The average Bonchev–Trinajstić information content (AvgIpc) is 2.42. The van der Waals surface area contributed by atoms with Gasteiger partial charge in [-0.25, -0.2) is 13.8 Å². The summed E-state index contributed by atoms with van der Waals surface area (Å²) < 4.78 is 27.3. The van der Waals surface area contributed by atoms with Gasteiger partial charge in [-0.1, -0.05) is 0 Å². The van der Waals surface area contributed by atoms with Crippen LogP contribution in [-0.4, -0.2) is 9.97 Å². The largest absolute Gasteiger partial charge is 0.398 e. The van der Waals surface area contributed by atoms with E-state index in [0.717, 1.165) is 11.6 Å². The number of rotatable bonds is 1. The number of hydrogen-bond acceptors (Lipinski definition) is 3. The zero-order valence-electron chi connectivity index (χ0n) is 11.6. The lowest BCUT2D eigenvalue weighted by Gasteiger charge is -2.12. The van der Waals surface area contributed by atoms with Crippen molar-refractivity contribution in [3.8, 4) is 11.4 Å². The van der Waals surface area contributed by atoms with Crippen molar-refractivity contribution >= 4 is 16.6 Å². The fourth-order valence-electron chi connectivity index (χ4n) is 2.35. The molecule has 0 aliphatic heterocycles. The van der Waals surface area contributed by atoms with Gasteiger partial charge in [-0.15, -0.1) is 0 Å². The van der Waals surface area contributed by atoms with Crippen LogP contribution in [0.1, 0.15) is 11.1 Å². The fourth-order valence-corrected chi connectivity index (χ4v) is 2.35. The fraction of sp³-hybridized carbons (Fsp3) is 0.125. The van der Waals surface area contributed by atoms with Gasteiger partial charge in [-0.3, -0.25) is 4.98 Å². The molecule has 3 aromatic rings. The molecule has 1 aromatic carbocycles. The van der Waals surface area contributed by atoms with E-state index in [1.165, 1.54) is 6.07 Å². The molecule has 21 heavy (non-hydrogen) atoms. The molecule has 106 valence electrons. The third kappa shape index (κ3) is 2.20. The van der Waals surface area contributed by atoms with Crippen LogP contribution in [0.15, 0.2) is 30.5 Å². The number of nitrogen functional groups attached to an aromatic ring is 1. The second kappa shape index (κ2) is 4.77. The Bertz CT molecular complexity index is 860. The molecule has 0 fully saturated rings. The minimum absolute atomic E-state index is 0.144. The number of nitrogens with zero attached hydrogens (tertiary/aromatic N) is 2. The number of aromatic nitrogens is 2. The summed E-state index contributed by atoms with van der Waals surface area (Å²) in [6.45, 7) is 3.69. The summed E-state index contributed by atoms with van der Waals surface area (Å²) in [7, 11) is 0. The van der Waals surface area contributed by atoms with Crippen LogP contribution in [0.4, 0.5) is 14.5 Å². The average molecular weight is 285 g/mol. The van der Waals surface area contributed by atoms with E-state index in [9.17, 15) is 8.78 Å². The highest BCUT2D eigenvalue weighted by molar-refractivity contribution is 5.95. The van der Waals surface area contributed by atoms with Gasteiger partial charge in [-0.05, 0) is 31.5 Å². The minimum Gasteiger partial charge on any atom is -0.398 e. The van der Waals surface area contributed by atoms with Gasteiger partial charge < -0.3 is 5.73 Å². The van der Waals surface area contributed by atoms with Crippen molar-refractivity contribution in [2.24, 2.45) is 0 Å². The van der Waals surface area contributed by atoms with Crippen molar-refractivity contribution in [3.05, 3.63) is 53.2 Å². The summed E-state index contributed by atoms with van der Waals surface area (Å²) in [5.41, 5.74) is 9.28. The third-order valence-electron chi connectivity index (χ3n) is 3.45. The molecule has 0 spiro atoms. The Hall–Kier alpha value is -2.56. The van der Waals surface area contributed by atoms with Crippen LogP contribution in [0.25, 0.3) is 22.3 Å². The molecule has 0 bridgehead atoms. The zero-order chi connectivity index (χ0) is 15.1. The van der Waals surface area contributed by atoms with Gasteiger partial charge in [0.1, 0.15) is 11.6 Å². The molecule has 0 unspecified atom stereocenters. The lowest BCUT2D eigenvalue weighted by atomic mass is 10.0. The van der Waals surface area contributed by atoms with E-state index >= 15 is 0 Å². The maximum atomic E-state index is 13.9. The molecule has 0 aliphatic carbocycles. The number of hydrogen-bond donors (Lipinski definition) is 1. The van der Waals surface area contributed by atoms with E-state index in [4.69, 9.17) is 5.73 Å². The first-order valence-corrected chi connectivity index (χ1v) is 6.45. The van der Waals surface area contributed by atoms with E-state index in [1.54, 1.807) is 13.1 Å². The van der Waals surface area contributed by atoms with Crippen molar-refractivity contribution in [3.63, 3.8) is 0 Å². The smallest absolute Gasteiger partial charge is 0.137 e. The van der Waals surface area contributed by atoms with Crippen LogP contribution in [0, 0.1) is 25.5 Å². The molecular weight excluding hydrogens is 272 g/mol. The van der Waals surface area contributed by atoms with Gasteiger partial charge in [0.2, 0.25) is 0 Å². The topological polar surface area (TPSA) is 51.8 Å². The van der Waals surface area contributed by atoms with E-state index in [1.807, 2.05) is 19.1 Å². The van der Waals surface area contributed by atoms with Crippen LogP contribution in [0.2, 0.25) is 0 Å². The maximum Gasteiger partial charge on any atom is 0.137 e. The molecule has 0 amide bonds. The highest BCUT2D eigenvalue weighted by Crippen LogP contribution is 2.32. The van der Waals surface area contributed by atoms with Crippen LogP contribution >= 0.6 is 0 Å². The third-order valence-corrected chi connectivity index (χ3v) is 3.45. The summed E-state index contributed by atoms with van der Waals surface area (Å²) >= 11 is 0. The van der Waals surface area contributed by atoms with Gasteiger partial charge in [0.25, 0.3) is 0 Å². The predicted molar refractivity (Wildman–Crippen MR) is 78.8 cm³/mol. The van der Waals surface area contributed by atoms with Crippen molar-refractivity contribution in [1.82, 2.24) is 9.97 Å². The first-order chi connectivity index (χ1) is 9.97. The van der Waals surface area contributed by atoms with Crippen molar-refractivity contribution in [2.75, 3.05) is 5.73 Å². The van der Waals surface area contributed by atoms with Crippen molar-refractivity contribution in [2.45, 2.75) is 13.8 Å². The SMILES string of the molecule is Cc1ccnc(-c2nc3cc(F)cc(F)c3c(N)c2C)c1. The van der Waals surface area contributed by atoms with Gasteiger partial charge in [0, 0.05) is 29.6 Å². The minimum atomic E-state index is -0.707.